The van der Waals surface area contributed by atoms with Crippen molar-refractivity contribution in [3.05, 3.63) is 99.6 Å². The summed E-state index contributed by atoms with van der Waals surface area (Å²) in [5, 5.41) is 12.4. The lowest BCUT2D eigenvalue weighted by atomic mass is 9.93. The molecule has 0 aliphatic rings. The highest BCUT2D eigenvalue weighted by Crippen LogP contribution is 2.25. The fraction of sp³-hybridized carbons (Fsp3) is 0.296. The molecule has 32 heavy (non-hydrogen) atoms. The van der Waals surface area contributed by atoms with E-state index in [1.54, 1.807) is 7.11 Å². The van der Waals surface area contributed by atoms with E-state index in [1.807, 2.05) is 60.7 Å². The number of amides is 1. The van der Waals surface area contributed by atoms with Gasteiger partial charge in [0.05, 0.1) is 12.2 Å². The van der Waals surface area contributed by atoms with Crippen molar-refractivity contribution in [3.8, 4) is 5.75 Å². The topological polar surface area (TPSA) is 67.8 Å². The van der Waals surface area contributed by atoms with Crippen LogP contribution >= 0.6 is 0 Å². The van der Waals surface area contributed by atoms with Crippen molar-refractivity contribution in [1.29, 1.82) is 0 Å². The number of carbonyl (C=O) groups is 1. The Kier molecular flexibility index (Phi) is 8.42. The van der Waals surface area contributed by atoms with Crippen molar-refractivity contribution < 1.29 is 19.4 Å². The predicted octanol–water partition coefficient (Wildman–Crippen LogP) is 4.34. The first kappa shape index (κ1) is 23.5. The number of hydrogen-bond acceptors (Lipinski definition) is 4. The van der Waals surface area contributed by atoms with Crippen LogP contribution in [0, 0.1) is 13.8 Å². The van der Waals surface area contributed by atoms with E-state index in [-0.39, 0.29) is 19.3 Å². The van der Waals surface area contributed by atoms with Gasteiger partial charge >= 0.3 is 0 Å². The summed E-state index contributed by atoms with van der Waals surface area (Å²) in [6.07, 6.45) is 1.45. The highest BCUT2D eigenvalue weighted by atomic mass is 16.7. The second-order valence-corrected chi connectivity index (χ2v) is 7.92. The molecule has 0 spiro atoms. The molecule has 2 N–H and O–H groups in total. The monoisotopic (exact) mass is 433 g/mol. The summed E-state index contributed by atoms with van der Waals surface area (Å²) in [5.74, 6) is 0.329. The van der Waals surface area contributed by atoms with E-state index in [1.165, 1.54) is 11.1 Å². The molecule has 0 bridgehead atoms. The van der Waals surface area contributed by atoms with E-state index in [9.17, 15) is 9.90 Å². The first-order valence-electron chi connectivity index (χ1n) is 10.8. The SMILES string of the molecule is COCOc1ccc(Cc2c(C)cc(CO)cc2C)cc1C(=O)NCCc1ccccc1. The molecule has 3 aromatic carbocycles. The van der Waals surface area contributed by atoms with Crippen molar-refractivity contribution in [2.45, 2.75) is 33.3 Å². The van der Waals surface area contributed by atoms with E-state index in [2.05, 4.69) is 19.2 Å². The molecule has 0 saturated heterocycles. The lowest BCUT2D eigenvalue weighted by Crippen LogP contribution is -2.26. The van der Waals surface area contributed by atoms with Crippen molar-refractivity contribution in [2.24, 2.45) is 0 Å². The van der Waals surface area contributed by atoms with Crippen LogP contribution in [0.3, 0.4) is 0 Å². The summed E-state index contributed by atoms with van der Waals surface area (Å²) in [5.41, 5.74) is 7.05. The third-order valence-corrected chi connectivity index (χ3v) is 5.48. The number of nitrogens with one attached hydrogen (secondary N) is 1. The molecule has 0 radical (unpaired) electrons. The highest BCUT2D eigenvalue weighted by Gasteiger charge is 2.15. The highest BCUT2D eigenvalue weighted by molar-refractivity contribution is 5.97. The Morgan fingerprint density at radius 1 is 0.938 bits per heavy atom. The Hall–Kier alpha value is -3.15. The van der Waals surface area contributed by atoms with Gasteiger partial charge in [-0.1, -0.05) is 48.5 Å². The molecule has 0 aliphatic carbocycles. The molecule has 0 aliphatic heterocycles. The quantitative estimate of drug-likeness (QED) is 0.467. The van der Waals surface area contributed by atoms with Gasteiger partial charge in [0.15, 0.2) is 6.79 Å². The minimum absolute atomic E-state index is 0.0286. The molecular weight excluding hydrogens is 402 g/mol. The van der Waals surface area contributed by atoms with Crippen LogP contribution in [0.15, 0.2) is 60.7 Å². The van der Waals surface area contributed by atoms with Gasteiger partial charge < -0.3 is 19.9 Å². The number of hydrogen-bond donors (Lipinski definition) is 2. The number of aryl methyl sites for hydroxylation is 2. The van der Waals surface area contributed by atoms with Crippen molar-refractivity contribution in [1.82, 2.24) is 5.32 Å². The summed E-state index contributed by atoms with van der Waals surface area (Å²) >= 11 is 0. The van der Waals surface area contributed by atoms with E-state index < -0.39 is 0 Å². The third kappa shape index (κ3) is 6.19. The molecule has 0 aromatic heterocycles. The molecule has 5 heteroatoms. The van der Waals surface area contributed by atoms with Crippen LogP contribution in [-0.4, -0.2) is 31.5 Å². The van der Waals surface area contributed by atoms with Gasteiger partial charge in [-0.25, -0.2) is 0 Å². The zero-order valence-corrected chi connectivity index (χ0v) is 19.0. The molecule has 0 saturated carbocycles. The maximum atomic E-state index is 13.0. The Morgan fingerprint density at radius 2 is 1.66 bits per heavy atom. The number of rotatable bonds is 10. The number of benzene rings is 3. The average molecular weight is 434 g/mol. The first-order chi connectivity index (χ1) is 15.5. The number of ether oxygens (including phenoxy) is 2. The third-order valence-electron chi connectivity index (χ3n) is 5.48. The van der Waals surface area contributed by atoms with Crippen LogP contribution in [0.1, 0.15) is 43.7 Å². The van der Waals surface area contributed by atoms with Crippen molar-refractivity contribution in [3.63, 3.8) is 0 Å². The average Bonchev–Trinajstić information content (AvgIpc) is 2.80. The minimum Gasteiger partial charge on any atom is -0.467 e. The summed E-state index contributed by atoms with van der Waals surface area (Å²) in [4.78, 5) is 13.0. The van der Waals surface area contributed by atoms with Gasteiger partial charge in [0.2, 0.25) is 0 Å². The summed E-state index contributed by atoms with van der Waals surface area (Å²) in [6, 6.07) is 19.8. The van der Waals surface area contributed by atoms with Crippen LogP contribution in [0.5, 0.6) is 5.75 Å². The number of aliphatic hydroxyl groups excluding tert-OH is 1. The molecule has 0 fully saturated rings. The maximum Gasteiger partial charge on any atom is 0.255 e. The molecule has 168 valence electrons. The predicted molar refractivity (Wildman–Crippen MR) is 126 cm³/mol. The molecule has 3 aromatic rings. The number of aliphatic hydroxyl groups is 1. The van der Waals surface area contributed by atoms with Crippen LogP contribution in [0.4, 0.5) is 0 Å². The van der Waals surface area contributed by atoms with Gasteiger partial charge in [0.25, 0.3) is 5.91 Å². The maximum absolute atomic E-state index is 13.0. The molecule has 1 amide bonds. The lowest BCUT2D eigenvalue weighted by Gasteiger charge is -2.15. The van der Waals surface area contributed by atoms with Crippen LogP contribution < -0.4 is 10.1 Å². The van der Waals surface area contributed by atoms with Crippen LogP contribution in [0.25, 0.3) is 0 Å². The van der Waals surface area contributed by atoms with Gasteiger partial charge in [-0.2, -0.15) is 0 Å². The first-order valence-corrected chi connectivity index (χ1v) is 10.8. The second kappa shape index (κ2) is 11.5. The largest absolute Gasteiger partial charge is 0.467 e. The van der Waals surface area contributed by atoms with Gasteiger partial charge in [-0.3, -0.25) is 4.79 Å². The van der Waals surface area contributed by atoms with E-state index in [4.69, 9.17) is 9.47 Å². The minimum atomic E-state index is -0.169. The number of carbonyl (C=O) groups excluding carboxylic acids is 1. The Labute approximate surface area is 190 Å². The molecule has 0 unspecified atom stereocenters. The Bertz CT molecular complexity index is 1020. The van der Waals surface area contributed by atoms with Gasteiger partial charge in [-0.05, 0) is 72.2 Å². The zero-order chi connectivity index (χ0) is 22.9. The van der Waals surface area contributed by atoms with E-state index >= 15 is 0 Å². The van der Waals surface area contributed by atoms with E-state index in [0.717, 1.165) is 28.7 Å². The zero-order valence-electron chi connectivity index (χ0n) is 19.0. The molecule has 3 rings (SSSR count). The molecular formula is C27H31NO4. The fourth-order valence-electron chi connectivity index (χ4n) is 3.83. The van der Waals surface area contributed by atoms with Gasteiger partial charge in [0.1, 0.15) is 5.75 Å². The summed E-state index contributed by atoms with van der Waals surface area (Å²) in [7, 11) is 1.55. The van der Waals surface area contributed by atoms with Crippen molar-refractivity contribution >= 4 is 5.91 Å². The van der Waals surface area contributed by atoms with Crippen molar-refractivity contribution in [2.75, 3.05) is 20.4 Å². The Balaban J connectivity index is 1.79. The fourth-order valence-corrected chi connectivity index (χ4v) is 3.83. The number of methoxy groups -OCH3 is 1. The molecule has 0 heterocycles. The Morgan fingerprint density at radius 3 is 2.31 bits per heavy atom. The van der Waals surface area contributed by atoms with Gasteiger partial charge in [-0.15, -0.1) is 0 Å². The molecule has 5 nitrogen and oxygen atoms in total. The second-order valence-electron chi connectivity index (χ2n) is 7.92. The van der Waals surface area contributed by atoms with Crippen LogP contribution in [-0.2, 0) is 24.2 Å². The standard InChI is InChI=1S/C27H31NO4/c1-19-13-23(17-29)14-20(2)24(19)15-22-9-10-26(32-18-31-3)25(16-22)27(30)28-12-11-21-7-5-4-6-8-21/h4-10,13-14,16,29H,11-12,15,17-18H2,1-3H3,(H,28,30). The summed E-state index contributed by atoms with van der Waals surface area (Å²) < 4.78 is 10.7. The normalized spacial score (nSPS) is 10.8. The van der Waals surface area contributed by atoms with E-state index in [0.29, 0.717) is 24.3 Å². The summed E-state index contributed by atoms with van der Waals surface area (Å²) in [6.45, 7) is 4.74. The molecule has 0 atom stereocenters. The van der Waals surface area contributed by atoms with Gasteiger partial charge in [0, 0.05) is 13.7 Å². The smallest absolute Gasteiger partial charge is 0.255 e. The lowest BCUT2D eigenvalue weighted by molar-refractivity contribution is 0.0501. The van der Waals surface area contributed by atoms with Crippen LogP contribution in [0.2, 0.25) is 0 Å².